The maximum atomic E-state index is 12.7. The Kier molecular flexibility index (Phi) is 7.79. The van der Waals surface area contributed by atoms with Gasteiger partial charge in [-0.05, 0) is 66.1 Å². The minimum Gasteiger partial charge on any atom is -0.325 e. The zero-order valence-corrected chi connectivity index (χ0v) is 21.9. The Morgan fingerprint density at radius 2 is 1.69 bits per heavy atom. The molecule has 0 saturated carbocycles. The van der Waals surface area contributed by atoms with Crippen molar-refractivity contribution in [3.8, 4) is 17.1 Å². The lowest BCUT2D eigenvalue weighted by atomic mass is 10.0. The molecule has 0 aliphatic carbocycles. The molecule has 0 aliphatic heterocycles. The lowest BCUT2D eigenvalue weighted by Crippen LogP contribution is -2.15. The molecular formula is C25H24ClN5O3S2. The number of sulfonamides is 1. The molecule has 0 spiro atoms. The monoisotopic (exact) mass is 541 g/mol. The number of carbonyl (C=O) groups is 1. The number of halogens is 1. The van der Waals surface area contributed by atoms with Crippen LogP contribution in [0.5, 0.6) is 0 Å². The van der Waals surface area contributed by atoms with Crippen LogP contribution in [0.15, 0.2) is 82.8 Å². The second kappa shape index (κ2) is 10.8. The van der Waals surface area contributed by atoms with Gasteiger partial charge in [0.15, 0.2) is 11.0 Å². The molecule has 0 aliphatic rings. The molecule has 0 radical (unpaired) electrons. The largest absolute Gasteiger partial charge is 0.325 e. The number of hydrogen-bond donors (Lipinski definition) is 2. The van der Waals surface area contributed by atoms with Crippen LogP contribution in [-0.2, 0) is 14.8 Å². The van der Waals surface area contributed by atoms with Gasteiger partial charge in [-0.2, -0.15) is 0 Å². The third kappa shape index (κ3) is 5.96. The molecular weight excluding hydrogens is 518 g/mol. The predicted molar refractivity (Wildman–Crippen MR) is 143 cm³/mol. The lowest BCUT2D eigenvalue weighted by Gasteiger charge is -2.17. The van der Waals surface area contributed by atoms with Crippen LogP contribution in [0.4, 0.5) is 5.69 Å². The van der Waals surface area contributed by atoms with Crippen LogP contribution >= 0.6 is 23.4 Å². The van der Waals surface area contributed by atoms with Crippen molar-refractivity contribution < 1.29 is 13.2 Å². The minimum absolute atomic E-state index is 0.0264. The van der Waals surface area contributed by atoms with Crippen molar-refractivity contribution in [3.63, 3.8) is 0 Å². The molecule has 3 aromatic carbocycles. The highest BCUT2D eigenvalue weighted by molar-refractivity contribution is 7.99. The first kappa shape index (κ1) is 25.9. The number of nitrogens with one attached hydrogen (secondary N) is 1. The number of benzene rings is 3. The maximum Gasteiger partial charge on any atom is 0.238 e. The Morgan fingerprint density at radius 1 is 1.03 bits per heavy atom. The van der Waals surface area contributed by atoms with Gasteiger partial charge < -0.3 is 5.32 Å². The normalized spacial score (nSPS) is 11.6. The molecule has 1 heterocycles. The molecule has 4 aromatic rings. The first-order valence-electron chi connectivity index (χ1n) is 11.0. The molecule has 11 heteroatoms. The van der Waals surface area contributed by atoms with Crippen molar-refractivity contribution in [2.75, 3.05) is 11.1 Å². The topological polar surface area (TPSA) is 120 Å². The second-order valence-electron chi connectivity index (χ2n) is 8.27. The summed E-state index contributed by atoms with van der Waals surface area (Å²) < 4.78 is 24.8. The van der Waals surface area contributed by atoms with Gasteiger partial charge in [0.2, 0.25) is 15.9 Å². The van der Waals surface area contributed by atoms with E-state index >= 15 is 0 Å². The van der Waals surface area contributed by atoms with E-state index in [-0.39, 0.29) is 22.5 Å². The number of para-hydroxylation sites is 1. The summed E-state index contributed by atoms with van der Waals surface area (Å²) in [4.78, 5) is 12.6. The van der Waals surface area contributed by atoms with Crippen molar-refractivity contribution in [2.24, 2.45) is 5.14 Å². The van der Waals surface area contributed by atoms with Crippen LogP contribution in [0.25, 0.3) is 17.1 Å². The van der Waals surface area contributed by atoms with E-state index in [9.17, 15) is 13.2 Å². The summed E-state index contributed by atoms with van der Waals surface area (Å²) in [6, 6.07) is 21.0. The standard InChI is InChI=1S/C25H24ClN5O3S2/c1-16(2)21-5-3-4-6-22(21)31-24(17-7-9-18(26)10-8-17)29-30-25(31)35-15-23(32)28-19-11-13-20(14-12-19)36(27,33)34/h3-14,16H,15H2,1-2H3,(H,28,32)(H2,27,33,34). The molecule has 0 unspecified atom stereocenters. The zero-order chi connectivity index (χ0) is 25.9. The fourth-order valence-electron chi connectivity index (χ4n) is 3.60. The lowest BCUT2D eigenvalue weighted by molar-refractivity contribution is -0.113. The van der Waals surface area contributed by atoms with E-state index in [1.54, 1.807) is 12.1 Å². The molecule has 0 fully saturated rings. The predicted octanol–water partition coefficient (Wildman–Crippen LogP) is 5.09. The van der Waals surface area contributed by atoms with Crippen LogP contribution in [0.3, 0.4) is 0 Å². The van der Waals surface area contributed by atoms with E-state index in [0.29, 0.717) is 21.7 Å². The highest BCUT2D eigenvalue weighted by Gasteiger charge is 2.20. The number of amides is 1. The van der Waals surface area contributed by atoms with Gasteiger partial charge >= 0.3 is 0 Å². The van der Waals surface area contributed by atoms with Crippen LogP contribution in [0.1, 0.15) is 25.3 Å². The molecule has 36 heavy (non-hydrogen) atoms. The molecule has 0 atom stereocenters. The Labute approximate surface area is 218 Å². The molecule has 8 nitrogen and oxygen atoms in total. The summed E-state index contributed by atoms with van der Waals surface area (Å²) in [6.07, 6.45) is 0. The molecule has 0 saturated heterocycles. The van der Waals surface area contributed by atoms with Crippen molar-refractivity contribution in [3.05, 3.63) is 83.4 Å². The number of nitrogens with zero attached hydrogens (tertiary/aromatic N) is 3. The van der Waals surface area contributed by atoms with E-state index < -0.39 is 10.0 Å². The summed E-state index contributed by atoms with van der Waals surface area (Å²) in [5.41, 5.74) is 3.36. The fraction of sp³-hybridized carbons (Fsp3) is 0.160. The number of thioether (sulfide) groups is 1. The van der Waals surface area contributed by atoms with Gasteiger partial charge in [-0.1, -0.05) is 55.4 Å². The van der Waals surface area contributed by atoms with Gasteiger partial charge in [0.1, 0.15) is 0 Å². The molecule has 1 aromatic heterocycles. The summed E-state index contributed by atoms with van der Waals surface area (Å²) >= 11 is 7.33. The number of anilines is 1. The fourth-order valence-corrected chi connectivity index (χ4v) is 4.99. The van der Waals surface area contributed by atoms with Gasteiger partial charge in [-0.3, -0.25) is 9.36 Å². The SMILES string of the molecule is CC(C)c1ccccc1-n1c(SCC(=O)Nc2ccc(S(N)(=O)=O)cc2)nnc1-c1ccc(Cl)cc1. The first-order chi connectivity index (χ1) is 17.1. The number of carbonyl (C=O) groups excluding carboxylic acids is 1. The quantitative estimate of drug-likeness (QED) is 0.300. The summed E-state index contributed by atoms with van der Waals surface area (Å²) in [5, 5.41) is 17.9. The van der Waals surface area contributed by atoms with Gasteiger partial charge in [0.25, 0.3) is 0 Å². The molecule has 4 rings (SSSR count). The van der Waals surface area contributed by atoms with Gasteiger partial charge in [-0.25, -0.2) is 13.6 Å². The third-order valence-corrected chi connectivity index (χ3v) is 7.44. The van der Waals surface area contributed by atoms with E-state index in [4.69, 9.17) is 16.7 Å². The van der Waals surface area contributed by atoms with Crippen molar-refractivity contribution >= 4 is 45.0 Å². The Hall–Kier alpha value is -3.18. The van der Waals surface area contributed by atoms with Gasteiger partial charge in [0, 0.05) is 16.3 Å². The van der Waals surface area contributed by atoms with Crippen molar-refractivity contribution in [1.82, 2.24) is 14.8 Å². The summed E-state index contributed by atoms with van der Waals surface area (Å²) in [7, 11) is -3.80. The molecule has 3 N–H and O–H groups in total. The smallest absolute Gasteiger partial charge is 0.238 e. The third-order valence-electron chi connectivity index (χ3n) is 5.33. The van der Waals surface area contributed by atoms with Crippen molar-refractivity contribution in [1.29, 1.82) is 0 Å². The number of hydrogen-bond acceptors (Lipinski definition) is 6. The van der Waals surface area contributed by atoms with Crippen LogP contribution < -0.4 is 10.5 Å². The number of rotatable bonds is 8. The Morgan fingerprint density at radius 3 is 2.33 bits per heavy atom. The second-order valence-corrected chi connectivity index (χ2v) is 11.2. The van der Waals surface area contributed by atoms with E-state index in [2.05, 4.69) is 35.4 Å². The van der Waals surface area contributed by atoms with Crippen LogP contribution in [0, 0.1) is 0 Å². The first-order valence-corrected chi connectivity index (χ1v) is 13.9. The van der Waals surface area contributed by atoms with Crippen LogP contribution in [-0.4, -0.2) is 34.8 Å². The molecule has 1 amide bonds. The highest BCUT2D eigenvalue weighted by atomic mass is 35.5. The zero-order valence-electron chi connectivity index (χ0n) is 19.6. The van der Waals surface area contributed by atoms with Gasteiger partial charge in [0.05, 0.1) is 16.3 Å². The maximum absolute atomic E-state index is 12.7. The Balaban J connectivity index is 1.61. The number of primary sulfonamides is 1. The van der Waals surface area contributed by atoms with E-state index in [1.807, 2.05) is 34.9 Å². The highest BCUT2D eigenvalue weighted by Crippen LogP contribution is 2.32. The number of nitrogens with two attached hydrogens (primary N) is 1. The Bertz CT molecular complexity index is 1490. The summed E-state index contributed by atoms with van der Waals surface area (Å²) in [6.45, 7) is 4.24. The number of aromatic nitrogens is 3. The van der Waals surface area contributed by atoms with Crippen molar-refractivity contribution in [2.45, 2.75) is 29.8 Å². The minimum atomic E-state index is -3.80. The van der Waals surface area contributed by atoms with Crippen LogP contribution in [0.2, 0.25) is 5.02 Å². The average Bonchev–Trinajstić information content (AvgIpc) is 3.26. The molecule has 186 valence electrons. The molecule has 0 bridgehead atoms. The average molecular weight is 542 g/mol. The summed E-state index contributed by atoms with van der Waals surface area (Å²) in [5.74, 6) is 0.687. The van der Waals surface area contributed by atoms with E-state index in [0.717, 1.165) is 16.8 Å². The van der Waals surface area contributed by atoms with E-state index in [1.165, 1.54) is 36.0 Å². The van der Waals surface area contributed by atoms with Gasteiger partial charge in [-0.15, -0.1) is 10.2 Å².